The highest BCUT2D eigenvalue weighted by Crippen LogP contribution is 2.15. The molecule has 2 rings (SSSR count). The molecule has 1 aromatic carbocycles. The number of nitrogens with one attached hydrogen (secondary N) is 13. The van der Waals surface area contributed by atoms with Crippen molar-refractivity contribution >= 4 is 82.9 Å². The summed E-state index contributed by atoms with van der Waals surface area (Å²) in [6.45, 7) is 7.91. The van der Waals surface area contributed by atoms with Gasteiger partial charge in [0.05, 0.1) is 36.9 Å². The van der Waals surface area contributed by atoms with Gasteiger partial charge < -0.3 is 116 Å². The molecule has 0 aliphatic carbocycles. The predicted octanol–water partition coefficient (Wildman–Crippen LogP) is -6.26. The maximum absolute atomic E-state index is 14.5. The third-order valence-corrected chi connectivity index (χ3v) is 14.6. The summed E-state index contributed by atoms with van der Waals surface area (Å²) in [5.74, 6) is -16.7. The van der Waals surface area contributed by atoms with Gasteiger partial charge in [-0.1, -0.05) is 39.8 Å². The molecule has 0 aliphatic rings. The largest absolute Gasteiger partial charge is 0.508 e. The molecular formula is C59H95N17O20. The number of phenolic OH excluding ortho intramolecular Hbond substituents is 1. The topological polar surface area (TPSA) is 626 Å². The van der Waals surface area contributed by atoms with Gasteiger partial charge in [0.25, 0.3) is 0 Å². The molecule has 0 bridgehead atoms. The van der Waals surface area contributed by atoms with Crippen molar-refractivity contribution in [2.75, 3.05) is 19.7 Å². The standard InChI is InChI=1S/C59H95N17O20/c1-28(2)22-39(53(90)74-45(29(3)4)55(92)76-47(31(6)79)57(94)73-42(26-77)58(95)96)70-49(86)36(11-7-8-20-60)68-50(87)38(17-19-44(83)84)69-56(93)46(30(5)78)75-54(91)41(24-33-25-64-27-66-33)72-52(89)40(23-32-12-14-34(80)15-13-32)71-51(88)37(16-18-43(81)82)67-48(85)35(61)10-9-21-65-59(62)63/h12-15,25,27-31,35-42,45-47,77-80H,7-11,16-24,26,60-61H2,1-6H3,(H,64,66)(H,67,85)(H,68,87)(H,69,93)(H,70,86)(H,71,88)(H,72,89)(H,73,94)(H,74,90)(H,75,91)(H,76,92)(H,81,82)(H,83,84)(H,95,96)(H4,62,63,65)/t30-,31-,35+,36+,37+,38+,39+,40+,41+,42+,45+,46+,47+/m1/s1. The van der Waals surface area contributed by atoms with Gasteiger partial charge in [0.1, 0.15) is 66.2 Å². The summed E-state index contributed by atoms with van der Waals surface area (Å²) in [7, 11) is 0. The molecule has 0 spiro atoms. The molecule has 0 fully saturated rings. The summed E-state index contributed by atoms with van der Waals surface area (Å²) in [4.78, 5) is 182. The van der Waals surface area contributed by atoms with Gasteiger partial charge in [-0.15, -0.1) is 0 Å². The highest BCUT2D eigenvalue weighted by molar-refractivity contribution is 5.99. The number of aliphatic hydroxyl groups is 3. The Kier molecular flexibility index (Phi) is 36.1. The number of aromatic nitrogens is 2. The number of imidazole rings is 1. The molecule has 0 saturated carbocycles. The number of carboxylic acid groups (broad SMARTS) is 3. The van der Waals surface area contributed by atoms with E-state index in [4.69, 9.17) is 22.6 Å². The number of hydrogen-bond acceptors (Lipinski definition) is 21. The number of amides is 10. The summed E-state index contributed by atoms with van der Waals surface area (Å²) < 4.78 is 0. The molecule has 26 N–H and O–H groups in total. The first-order valence-electron chi connectivity index (χ1n) is 31.0. The van der Waals surface area contributed by atoms with E-state index < -0.39 is 200 Å². The third kappa shape index (κ3) is 30.2. The molecule has 1 heterocycles. The van der Waals surface area contributed by atoms with Crippen molar-refractivity contribution in [3.63, 3.8) is 0 Å². The van der Waals surface area contributed by atoms with Crippen LogP contribution in [0.15, 0.2) is 36.8 Å². The second-order valence-electron chi connectivity index (χ2n) is 23.6. The molecule has 13 atom stereocenters. The number of phenols is 1. The third-order valence-electron chi connectivity index (χ3n) is 14.6. The molecule has 2 aromatic rings. The first kappa shape index (κ1) is 82.5. The number of rotatable bonds is 45. The minimum absolute atomic E-state index is 0.0375. The summed E-state index contributed by atoms with van der Waals surface area (Å²) in [5, 5.41) is 103. The van der Waals surface area contributed by atoms with E-state index in [9.17, 15) is 98.1 Å². The van der Waals surface area contributed by atoms with Gasteiger partial charge in [0.15, 0.2) is 5.96 Å². The molecule has 536 valence electrons. The fourth-order valence-corrected chi connectivity index (χ4v) is 9.28. The molecule has 1 aromatic heterocycles. The summed E-state index contributed by atoms with van der Waals surface area (Å²) in [6, 6.07) is -12.7. The van der Waals surface area contributed by atoms with E-state index in [0.717, 1.165) is 13.8 Å². The Labute approximate surface area is 553 Å². The van der Waals surface area contributed by atoms with Crippen LogP contribution in [0.2, 0.25) is 0 Å². The van der Waals surface area contributed by atoms with Gasteiger partial charge in [-0.25, -0.2) is 9.78 Å². The molecular weight excluding hydrogens is 1270 g/mol. The SMILES string of the molecule is CC(C)C[C@H](NC(=O)[C@H](CCCCN)NC(=O)[C@H](CCC(=O)O)NC(=O)[C@@H](NC(=O)[C@H](Cc1c[nH]cn1)NC(=O)[C@H](Cc1ccc(O)cc1)NC(=O)[C@H](CCC(=O)O)NC(=O)[C@@H](N)CCCNC(=N)N)[C@@H](C)O)C(=O)N[C@H](C(=O)N[C@H](C(=O)N[C@@H](CO)C(=O)O)[C@@H](C)O)C(C)C. The summed E-state index contributed by atoms with van der Waals surface area (Å²) in [6.07, 6.45) is -3.64. The Morgan fingerprint density at radius 3 is 1.42 bits per heavy atom. The number of guanidine groups is 1. The van der Waals surface area contributed by atoms with E-state index in [2.05, 4.69) is 63.1 Å². The van der Waals surface area contributed by atoms with Crippen molar-refractivity contribution in [1.29, 1.82) is 5.41 Å². The molecule has 0 aliphatic heterocycles. The lowest BCUT2D eigenvalue weighted by Gasteiger charge is -2.30. The number of carbonyl (C=O) groups is 13. The molecule has 0 radical (unpaired) electrons. The van der Waals surface area contributed by atoms with Crippen LogP contribution in [-0.2, 0) is 75.2 Å². The normalized spacial score (nSPS) is 15.3. The Bertz CT molecular complexity index is 2930. The van der Waals surface area contributed by atoms with Crippen LogP contribution in [0, 0.1) is 17.2 Å². The maximum atomic E-state index is 14.5. The van der Waals surface area contributed by atoms with Crippen molar-refractivity contribution in [1.82, 2.24) is 68.5 Å². The molecule has 0 saturated heterocycles. The minimum atomic E-state index is -2.00. The monoisotopic (exact) mass is 1360 g/mol. The zero-order valence-corrected chi connectivity index (χ0v) is 54.3. The highest BCUT2D eigenvalue weighted by atomic mass is 16.4. The van der Waals surface area contributed by atoms with Crippen LogP contribution in [0.4, 0.5) is 0 Å². The number of aliphatic carboxylic acids is 3. The van der Waals surface area contributed by atoms with E-state index in [0.29, 0.717) is 12.0 Å². The van der Waals surface area contributed by atoms with Crippen molar-refractivity contribution in [3.8, 4) is 5.75 Å². The Morgan fingerprint density at radius 2 is 0.958 bits per heavy atom. The van der Waals surface area contributed by atoms with Crippen LogP contribution < -0.4 is 75.7 Å². The number of nitrogens with zero attached hydrogens (tertiary/aromatic N) is 1. The van der Waals surface area contributed by atoms with Crippen molar-refractivity contribution in [2.45, 2.75) is 197 Å². The van der Waals surface area contributed by atoms with Crippen LogP contribution in [0.5, 0.6) is 5.75 Å². The van der Waals surface area contributed by atoms with E-state index in [1.165, 1.54) is 50.6 Å². The highest BCUT2D eigenvalue weighted by Gasteiger charge is 2.39. The van der Waals surface area contributed by atoms with Crippen molar-refractivity contribution in [3.05, 3.63) is 48.0 Å². The number of unbranched alkanes of at least 4 members (excludes halogenated alkanes) is 1. The quantitative estimate of drug-likeness (QED) is 0.0167. The average Bonchev–Trinajstić information content (AvgIpc) is 1.14. The average molecular weight is 1360 g/mol. The number of H-pyrrole nitrogens is 1. The number of carbonyl (C=O) groups excluding carboxylic acids is 10. The molecule has 96 heavy (non-hydrogen) atoms. The van der Waals surface area contributed by atoms with E-state index in [1.54, 1.807) is 13.8 Å². The van der Waals surface area contributed by atoms with E-state index in [-0.39, 0.29) is 74.9 Å². The number of aromatic amines is 1. The first-order valence-corrected chi connectivity index (χ1v) is 31.0. The van der Waals surface area contributed by atoms with E-state index >= 15 is 0 Å². The lowest BCUT2D eigenvalue weighted by Crippen LogP contribution is -2.63. The van der Waals surface area contributed by atoms with Gasteiger partial charge in [-0.2, -0.15) is 0 Å². The molecule has 37 heteroatoms. The lowest BCUT2D eigenvalue weighted by atomic mass is 9.98. The second-order valence-corrected chi connectivity index (χ2v) is 23.6. The number of nitrogens with two attached hydrogens (primary N) is 3. The lowest BCUT2D eigenvalue weighted by molar-refractivity contribution is -0.144. The van der Waals surface area contributed by atoms with Gasteiger partial charge >= 0.3 is 17.9 Å². The van der Waals surface area contributed by atoms with Gasteiger partial charge in [0.2, 0.25) is 59.1 Å². The molecule has 0 unspecified atom stereocenters. The van der Waals surface area contributed by atoms with Gasteiger partial charge in [0, 0.05) is 38.4 Å². The fraction of sp³-hybridized carbons (Fsp3) is 0.610. The fourth-order valence-electron chi connectivity index (χ4n) is 9.28. The van der Waals surface area contributed by atoms with Gasteiger partial charge in [-0.05, 0) is 101 Å². The number of aromatic hydroxyl groups is 1. The number of carboxylic acids is 3. The van der Waals surface area contributed by atoms with E-state index in [1.807, 2.05) is 5.32 Å². The number of aliphatic hydroxyl groups excluding tert-OH is 3. The Balaban J connectivity index is 2.54. The number of benzene rings is 1. The van der Waals surface area contributed by atoms with Gasteiger partial charge in [-0.3, -0.25) is 62.9 Å². The molecule has 10 amide bonds. The first-order chi connectivity index (χ1) is 45.1. The van der Waals surface area contributed by atoms with Crippen molar-refractivity contribution < 1.29 is 98.1 Å². The summed E-state index contributed by atoms with van der Waals surface area (Å²) >= 11 is 0. The molecule has 37 nitrogen and oxygen atoms in total. The second kappa shape index (κ2) is 42.0. The van der Waals surface area contributed by atoms with Crippen LogP contribution in [-0.4, -0.2) is 227 Å². The number of hydrogen-bond donors (Lipinski definition) is 23. The van der Waals surface area contributed by atoms with Crippen LogP contribution in [0.3, 0.4) is 0 Å². The smallest absolute Gasteiger partial charge is 0.328 e. The Morgan fingerprint density at radius 1 is 0.531 bits per heavy atom. The van der Waals surface area contributed by atoms with Crippen LogP contribution >= 0.6 is 0 Å². The van der Waals surface area contributed by atoms with Crippen LogP contribution in [0.25, 0.3) is 0 Å². The zero-order chi connectivity index (χ0) is 72.5. The maximum Gasteiger partial charge on any atom is 0.328 e. The Hall–Kier alpha value is -9.59. The minimum Gasteiger partial charge on any atom is -0.508 e. The summed E-state index contributed by atoms with van der Waals surface area (Å²) in [5.41, 5.74) is 17.6. The van der Waals surface area contributed by atoms with Crippen molar-refractivity contribution in [2.24, 2.45) is 29.0 Å². The predicted molar refractivity (Wildman–Crippen MR) is 340 cm³/mol. The zero-order valence-electron chi connectivity index (χ0n) is 54.3. The van der Waals surface area contributed by atoms with Crippen LogP contribution in [0.1, 0.15) is 117 Å².